The van der Waals surface area contributed by atoms with Crippen LogP contribution in [0, 0.1) is 0 Å². The molecule has 0 atom stereocenters. The van der Waals surface area contributed by atoms with Gasteiger partial charge in [0.1, 0.15) is 18.9 Å². The number of hydrogen-bond acceptors (Lipinski definition) is 4. The van der Waals surface area contributed by atoms with Crippen LogP contribution >= 0.6 is 11.6 Å². The highest BCUT2D eigenvalue weighted by Gasteiger charge is 2.15. The quantitative estimate of drug-likeness (QED) is 0.768. The number of carbonyl (C=O) groups excluding carboxylic acids is 1. The number of fused-ring (bicyclic) bond motifs is 2. The van der Waals surface area contributed by atoms with Crippen LogP contribution in [-0.2, 0) is 0 Å². The Kier molecular flexibility index (Phi) is 3.70. The molecule has 5 nitrogen and oxygen atoms in total. The highest BCUT2D eigenvalue weighted by molar-refractivity contribution is 6.35. The van der Waals surface area contributed by atoms with Gasteiger partial charge in [0.2, 0.25) is 0 Å². The molecule has 0 spiro atoms. The number of rotatable bonds is 2. The van der Waals surface area contributed by atoms with Crippen LogP contribution in [0.1, 0.15) is 10.5 Å². The van der Waals surface area contributed by atoms with Crippen LogP contribution in [0.2, 0.25) is 5.02 Å². The lowest BCUT2D eigenvalue weighted by molar-refractivity contribution is 0.102. The number of anilines is 1. The van der Waals surface area contributed by atoms with E-state index >= 15 is 0 Å². The zero-order valence-corrected chi connectivity index (χ0v) is 13.3. The summed E-state index contributed by atoms with van der Waals surface area (Å²) >= 11 is 6.25. The molecule has 0 saturated carbocycles. The average Bonchev–Trinajstić information content (AvgIpc) is 2.61. The van der Waals surface area contributed by atoms with Gasteiger partial charge in [0.05, 0.1) is 10.5 Å². The standard InChI is InChI=1S/C18H13ClN2O3/c19-13-10-15(21-14-4-2-1-3-12(13)14)18(22)20-11-5-6-16-17(9-11)24-8-7-23-16/h1-6,9-10H,7-8H2,(H,20,22). The van der Waals surface area contributed by atoms with Crippen LogP contribution in [0.15, 0.2) is 48.5 Å². The lowest BCUT2D eigenvalue weighted by Crippen LogP contribution is -2.17. The van der Waals surface area contributed by atoms with Gasteiger partial charge in [0, 0.05) is 17.1 Å². The summed E-state index contributed by atoms with van der Waals surface area (Å²) in [6.07, 6.45) is 0. The molecule has 3 aromatic rings. The zero-order valence-electron chi connectivity index (χ0n) is 12.6. The molecule has 1 N–H and O–H groups in total. The summed E-state index contributed by atoms with van der Waals surface area (Å²) in [5, 5.41) is 4.11. The van der Waals surface area contributed by atoms with Gasteiger partial charge in [-0.05, 0) is 24.3 Å². The summed E-state index contributed by atoms with van der Waals surface area (Å²) in [7, 11) is 0. The van der Waals surface area contributed by atoms with Crippen molar-refractivity contribution >= 4 is 34.1 Å². The number of nitrogens with zero attached hydrogens (tertiary/aromatic N) is 1. The van der Waals surface area contributed by atoms with Gasteiger partial charge in [0.25, 0.3) is 5.91 Å². The molecule has 1 aliphatic heterocycles. The number of aromatic nitrogens is 1. The third-order valence-corrected chi connectivity index (χ3v) is 4.01. The molecule has 120 valence electrons. The van der Waals surface area contributed by atoms with Gasteiger partial charge in [-0.25, -0.2) is 4.98 Å². The predicted molar refractivity (Wildman–Crippen MR) is 92.1 cm³/mol. The number of carbonyl (C=O) groups is 1. The van der Waals surface area contributed by atoms with Crippen molar-refractivity contribution < 1.29 is 14.3 Å². The minimum atomic E-state index is -0.334. The van der Waals surface area contributed by atoms with Crippen molar-refractivity contribution in [1.29, 1.82) is 0 Å². The average molecular weight is 341 g/mol. The van der Waals surface area contributed by atoms with E-state index < -0.39 is 0 Å². The summed E-state index contributed by atoms with van der Waals surface area (Å²) < 4.78 is 11.0. The smallest absolute Gasteiger partial charge is 0.274 e. The first kappa shape index (κ1) is 14.8. The van der Waals surface area contributed by atoms with Gasteiger partial charge in [-0.2, -0.15) is 0 Å². The SMILES string of the molecule is O=C(Nc1ccc2c(c1)OCCO2)c1cc(Cl)c2ccccc2n1. The van der Waals surface area contributed by atoms with Crippen LogP contribution in [0.25, 0.3) is 10.9 Å². The van der Waals surface area contributed by atoms with Gasteiger partial charge in [-0.15, -0.1) is 0 Å². The van der Waals surface area contributed by atoms with Gasteiger partial charge in [-0.3, -0.25) is 4.79 Å². The van der Waals surface area contributed by atoms with Gasteiger partial charge < -0.3 is 14.8 Å². The van der Waals surface area contributed by atoms with E-state index in [2.05, 4.69) is 10.3 Å². The van der Waals surface area contributed by atoms with E-state index in [4.69, 9.17) is 21.1 Å². The maximum atomic E-state index is 12.5. The largest absolute Gasteiger partial charge is 0.486 e. The molecule has 2 aromatic carbocycles. The molecule has 0 unspecified atom stereocenters. The Morgan fingerprint density at radius 1 is 1.04 bits per heavy atom. The zero-order chi connectivity index (χ0) is 16.5. The third-order valence-electron chi connectivity index (χ3n) is 3.70. The van der Waals surface area contributed by atoms with Crippen LogP contribution < -0.4 is 14.8 Å². The number of nitrogens with one attached hydrogen (secondary N) is 1. The minimum absolute atomic E-state index is 0.258. The van der Waals surface area contributed by atoms with Crippen molar-refractivity contribution in [3.8, 4) is 11.5 Å². The number of hydrogen-bond donors (Lipinski definition) is 1. The van der Waals surface area contributed by atoms with Crippen LogP contribution in [0.4, 0.5) is 5.69 Å². The summed E-state index contributed by atoms with van der Waals surface area (Å²) in [6, 6.07) is 14.2. The summed E-state index contributed by atoms with van der Waals surface area (Å²) in [5.41, 5.74) is 1.54. The van der Waals surface area contributed by atoms with Crippen molar-refractivity contribution in [1.82, 2.24) is 4.98 Å². The van der Waals surface area contributed by atoms with Crippen molar-refractivity contribution in [2.24, 2.45) is 0 Å². The number of benzene rings is 2. The van der Waals surface area contributed by atoms with Crippen molar-refractivity contribution in [3.63, 3.8) is 0 Å². The molecule has 0 saturated heterocycles. The van der Waals surface area contributed by atoms with Gasteiger partial charge in [0.15, 0.2) is 11.5 Å². The number of pyridine rings is 1. The Bertz CT molecular complexity index is 943. The third kappa shape index (κ3) is 2.74. The monoisotopic (exact) mass is 340 g/mol. The predicted octanol–water partition coefficient (Wildman–Crippen LogP) is 3.91. The Hall–Kier alpha value is -2.79. The van der Waals surface area contributed by atoms with Crippen LogP contribution in [0.3, 0.4) is 0 Å². The molecule has 0 radical (unpaired) electrons. The molecule has 2 heterocycles. The molecule has 4 rings (SSSR count). The molecule has 1 aromatic heterocycles. The fourth-order valence-corrected chi connectivity index (χ4v) is 2.83. The van der Waals surface area contributed by atoms with Gasteiger partial charge in [-0.1, -0.05) is 29.8 Å². The topological polar surface area (TPSA) is 60.5 Å². The summed E-state index contributed by atoms with van der Waals surface area (Å²) in [6.45, 7) is 1.02. The Morgan fingerprint density at radius 3 is 2.71 bits per heavy atom. The summed E-state index contributed by atoms with van der Waals surface area (Å²) in [5.74, 6) is 0.953. The number of amides is 1. The van der Waals surface area contributed by atoms with E-state index in [0.717, 1.165) is 5.39 Å². The first-order chi connectivity index (χ1) is 11.7. The molecule has 0 aliphatic carbocycles. The number of halogens is 1. The summed E-state index contributed by atoms with van der Waals surface area (Å²) in [4.78, 5) is 16.8. The first-order valence-corrected chi connectivity index (χ1v) is 7.85. The van der Waals surface area contributed by atoms with Gasteiger partial charge >= 0.3 is 0 Å². The van der Waals surface area contributed by atoms with E-state index in [1.54, 1.807) is 24.3 Å². The minimum Gasteiger partial charge on any atom is -0.486 e. The van der Waals surface area contributed by atoms with E-state index in [1.165, 1.54) is 0 Å². The van der Waals surface area contributed by atoms with E-state index in [9.17, 15) is 4.79 Å². The molecular formula is C18H13ClN2O3. The van der Waals surface area contributed by atoms with E-state index in [-0.39, 0.29) is 11.6 Å². The second kappa shape index (κ2) is 6.02. The molecule has 24 heavy (non-hydrogen) atoms. The molecule has 6 heteroatoms. The fourth-order valence-electron chi connectivity index (χ4n) is 2.57. The normalized spacial score (nSPS) is 12.9. The van der Waals surface area contributed by atoms with Crippen molar-refractivity contribution in [2.75, 3.05) is 18.5 Å². The van der Waals surface area contributed by atoms with E-state index in [0.29, 0.717) is 40.9 Å². The fraction of sp³-hybridized carbons (Fsp3) is 0.111. The second-order valence-corrected chi connectivity index (χ2v) is 5.73. The highest BCUT2D eigenvalue weighted by Crippen LogP contribution is 2.32. The second-order valence-electron chi connectivity index (χ2n) is 5.32. The molecule has 0 fully saturated rings. The maximum Gasteiger partial charge on any atom is 0.274 e. The number of ether oxygens (including phenoxy) is 2. The Morgan fingerprint density at radius 2 is 1.83 bits per heavy atom. The molecule has 1 amide bonds. The highest BCUT2D eigenvalue weighted by atomic mass is 35.5. The maximum absolute atomic E-state index is 12.5. The lowest BCUT2D eigenvalue weighted by Gasteiger charge is -2.19. The van der Waals surface area contributed by atoms with Crippen LogP contribution in [0.5, 0.6) is 11.5 Å². The first-order valence-electron chi connectivity index (χ1n) is 7.47. The molecule has 0 bridgehead atoms. The van der Waals surface area contributed by atoms with Crippen LogP contribution in [-0.4, -0.2) is 24.1 Å². The van der Waals surface area contributed by atoms with Crippen molar-refractivity contribution in [3.05, 3.63) is 59.2 Å². The molecular weight excluding hydrogens is 328 g/mol. The van der Waals surface area contributed by atoms with Crippen molar-refractivity contribution in [2.45, 2.75) is 0 Å². The molecule has 1 aliphatic rings. The Labute approximate surface area is 143 Å². The number of para-hydroxylation sites is 1. The Balaban J connectivity index is 1.62. The lowest BCUT2D eigenvalue weighted by atomic mass is 10.2. The van der Waals surface area contributed by atoms with E-state index in [1.807, 2.05) is 24.3 Å².